The van der Waals surface area contributed by atoms with Gasteiger partial charge in [-0.15, -0.1) is 10.2 Å². The van der Waals surface area contributed by atoms with E-state index in [9.17, 15) is 19.7 Å². The molecular formula is C22H16N4O5. The van der Waals surface area contributed by atoms with Gasteiger partial charge in [0.2, 0.25) is 0 Å². The molecule has 0 saturated carbocycles. The van der Waals surface area contributed by atoms with E-state index in [0.717, 1.165) is 11.6 Å². The van der Waals surface area contributed by atoms with E-state index in [1.165, 1.54) is 24.3 Å². The van der Waals surface area contributed by atoms with Crippen LogP contribution in [0.4, 0.5) is 17.1 Å². The van der Waals surface area contributed by atoms with E-state index in [-0.39, 0.29) is 11.3 Å². The molecule has 31 heavy (non-hydrogen) atoms. The van der Waals surface area contributed by atoms with Gasteiger partial charge in [-0.05, 0) is 42.0 Å². The van der Waals surface area contributed by atoms with Gasteiger partial charge >= 0.3 is 5.97 Å². The third kappa shape index (κ3) is 6.43. The molecule has 1 N–H and O–H groups in total. The lowest BCUT2D eigenvalue weighted by atomic mass is 10.2. The zero-order valence-electron chi connectivity index (χ0n) is 16.0. The topological polar surface area (TPSA) is 123 Å². The predicted molar refractivity (Wildman–Crippen MR) is 114 cm³/mol. The first-order valence-electron chi connectivity index (χ1n) is 9.02. The summed E-state index contributed by atoms with van der Waals surface area (Å²) in [5.41, 5.74) is 4.10. The summed E-state index contributed by atoms with van der Waals surface area (Å²) < 4.78 is 0. The zero-order valence-corrected chi connectivity index (χ0v) is 16.0. The summed E-state index contributed by atoms with van der Waals surface area (Å²) in [6.45, 7) is 0. The molecule has 0 saturated heterocycles. The molecule has 3 aromatic rings. The highest BCUT2D eigenvalue weighted by Crippen LogP contribution is 2.18. The molecule has 3 rings (SSSR count). The van der Waals surface area contributed by atoms with E-state index in [1.807, 2.05) is 30.3 Å². The van der Waals surface area contributed by atoms with Crippen LogP contribution >= 0.6 is 0 Å². The Morgan fingerprint density at radius 1 is 0.968 bits per heavy atom. The third-order valence-corrected chi connectivity index (χ3v) is 3.91. The molecule has 0 fully saturated rings. The van der Waals surface area contributed by atoms with E-state index in [4.69, 9.17) is 4.84 Å². The van der Waals surface area contributed by atoms with Gasteiger partial charge in [0.15, 0.2) is 0 Å². The lowest BCUT2D eigenvalue weighted by molar-refractivity contribution is -0.384. The molecule has 0 aromatic heterocycles. The SMILES string of the molecule is O=C(/C=C/c1ccccc1)ONc1ccc(N=NC(=O)c2cccc([N+](=O)[O-])c2)cc1. The summed E-state index contributed by atoms with van der Waals surface area (Å²) >= 11 is 0. The smallest absolute Gasteiger partial charge is 0.339 e. The van der Waals surface area contributed by atoms with Gasteiger partial charge in [-0.2, -0.15) is 0 Å². The Labute approximate surface area is 176 Å². The number of benzene rings is 3. The van der Waals surface area contributed by atoms with Crippen LogP contribution in [0.1, 0.15) is 15.9 Å². The molecule has 0 bridgehead atoms. The summed E-state index contributed by atoms with van der Waals surface area (Å²) in [6, 6.07) is 20.8. The van der Waals surface area contributed by atoms with E-state index < -0.39 is 16.8 Å². The second-order valence-electron chi connectivity index (χ2n) is 6.13. The van der Waals surface area contributed by atoms with E-state index >= 15 is 0 Å². The average Bonchev–Trinajstić information content (AvgIpc) is 2.81. The molecule has 9 heteroatoms. The van der Waals surface area contributed by atoms with Crippen molar-refractivity contribution in [3.8, 4) is 0 Å². The van der Waals surface area contributed by atoms with Crippen molar-refractivity contribution in [2.75, 3.05) is 5.48 Å². The van der Waals surface area contributed by atoms with Gasteiger partial charge in [-0.25, -0.2) is 10.3 Å². The molecular weight excluding hydrogens is 400 g/mol. The number of rotatable bonds is 7. The molecule has 0 spiro atoms. The molecule has 0 aliphatic heterocycles. The first-order chi connectivity index (χ1) is 15.0. The van der Waals surface area contributed by atoms with Gasteiger partial charge in [-0.3, -0.25) is 14.9 Å². The Morgan fingerprint density at radius 3 is 2.42 bits per heavy atom. The molecule has 1 amide bonds. The zero-order chi connectivity index (χ0) is 22.1. The number of carbonyl (C=O) groups excluding carboxylic acids is 2. The minimum absolute atomic E-state index is 0.0618. The van der Waals surface area contributed by atoms with Crippen LogP contribution in [-0.2, 0) is 9.63 Å². The second-order valence-corrected chi connectivity index (χ2v) is 6.13. The summed E-state index contributed by atoms with van der Waals surface area (Å²) in [6.07, 6.45) is 2.93. The van der Waals surface area contributed by atoms with Gasteiger partial charge in [0.1, 0.15) is 0 Å². The maximum Gasteiger partial charge on any atom is 0.355 e. The maximum absolute atomic E-state index is 12.0. The lowest BCUT2D eigenvalue weighted by Gasteiger charge is -2.04. The maximum atomic E-state index is 12.0. The number of nitro benzene ring substituents is 1. The van der Waals surface area contributed by atoms with Gasteiger partial charge in [0.25, 0.3) is 11.6 Å². The van der Waals surface area contributed by atoms with Crippen molar-refractivity contribution in [3.05, 3.63) is 106 Å². The van der Waals surface area contributed by atoms with Crippen LogP contribution in [-0.4, -0.2) is 16.8 Å². The summed E-state index contributed by atoms with van der Waals surface area (Å²) in [7, 11) is 0. The number of anilines is 1. The Kier molecular flexibility index (Phi) is 6.94. The molecule has 0 heterocycles. The van der Waals surface area contributed by atoms with Crippen molar-refractivity contribution in [1.82, 2.24) is 0 Å². The average molecular weight is 416 g/mol. The fourth-order valence-electron chi connectivity index (χ4n) is 2.38. The van der Waals surface area contributed by atoms with Crippen molar-refractivity contribution in [2.24, 2.45) is 10.2 Å². The molecule has 154 valence electrons. The van der Waals surface area contributed by atoms with Crippen molar-refractivity contribution in [1.29, 1.82) is 0 Å². The number of carbonyl (C=O) groups is 2. The first-order valence-corrected chi connectivity index (χ1v) is 9.02. The van der Waals surface area contributed by atoms with Crippen LogP contribution in [0, 0.1) is 10.1 Å². The van der Waals surface area contributed by atoms with Gasteiger partial charge in [0, 0.05) is 18.2 Å². The monoisotopic (exact) mass is 416 g/mol. The molecule has 9 nitrogen and oxygen atoms in total. The van der Waals surface area contributed by atoms with Gasteiger partial charge in [0.05, 0.1) is 21.9 Å². The normalized spacial score (nSPS) is 10.8. The second kappa shape index (κ2) is 10.2. The number of azo groups is 1. The van der Waals surface area contributed by atoms with Crippen LogP contribution in [0.5, 0.6) is 0 Å². The lowest BCUT2D eigenvalue weighted by Crippen LogP contribution is -2.07. The molecule has 0 unspecified atom stereocenters. The molecule has 0 atom stereocenters. The summed E-state index contributed by atoms with van der Waals surface area (Å²) in [5, 5.41) is 18.2. The minimum atomic E-state index is -0.704. The quantitative estimate of drug-likeness (QED) is 0.247. The van der Waals surface area contributed by atoms with Crippen LogP contribution in [0.25, 0.3) is 6.08 Å². The highest BCUT2D eigenvalue weighted by molar-refractivity contribution is 5.95. The standard InChI is InChI=1S/C22H16N4O5/c27-21(14-9-16-5-2-1-3-6-16)31-25-19-12-10-18(11-13-19)23-24-22(28)17-7-4-8-20(15-17)26(29)30/h1-15,25H/b14-9+,24-23?. The fourth-order valence-corrected chi connectivity index (χ4v) is 2.38. The predicted octanol–water partition coefficient (Wildman–Crippen LogP) is 5.10. The van der Waals surface area contributed by atoms with E-state index in [2.05, 4.69) is 15.7 Å². The first kappa shape index (κ1) is 21.1. The van der Waals surface area contributed by atoms with Gasteiger partial charge < -0.3 is 4.84 Å². The number of non-ortho nitro benzene ring substituents is 1. The number of hydrogen-bond acceptors (Lipinski definition) is 7. The number of nitrogens with zero attached hydrogens (tertiary/aromatic N) is 3. The number of amides is 1. The van der Waals surface area contributed by atoms with Crippen molar-refractivity contribution < 1.29 is 19.3 Å². The molecule has 0 aliphatic carbocycles. The molecule has 0 radical (unpaired) electrons. The Hall–Kier alpha value is -4.66. The Bertz CT molecular complexity index is 1140. The Balaban J connectivity index is 1.53. The highest BCUT2D eigenvalue weighted by Gasteiger charge is 2.10. The fraction of sp³-hybridized carbons (Fsp3) is 0. The summed E-state index contributed by atoms with van der Waals surface area (Å²) in [5.74, 6) is -1.28. The molecule has 0 aliphatic rings. The van der Waals surface area contributed by atoms with Crippen LogP contribution < -0.4 is 5.48 Å². The van der Waals surface area contributed by atoms with E-state index in [0.29, 0.717) is 11.4 Å². The highest BCUT2D eigenvalue weighted by atomic mass is 16.7. The minimum Gasteiger partial charge on any atom is -0.339 e. The van der Waals surface area contributed by atoms with Crippen LogP contribution in [0.15, 0.2) is 95.2 Å². The van der Waals surface area contributed by atoms with Gasteiger partial charge in [-0.1, -0.05) is 36.4 Å². The Morgan fingerprint density at radius 2 is 1.71 bits per heavy atom. The van der Waals surface area contributed by atoms with Crippen LogP contribution in [0.3, 0.4) is 0 Å². The largest absolute Gasteiger partial charge is 0.355 e. The van der Waals surface area contributed by atoms with Crippen molar-refractivity contribution in [3.63, 3.8) is 0 Å². The number of hydrogen-bond donors (Lipinski definition) is 1. The number of nitro groups is 1. The summed E-state index contributed by atoms with van der Waals surface area (Å²) in [4.78, 5) is 38.9. The van der Waals surface area contributed by atoms with Crippen LogP contribution in [0.2, 0.25) is 0 Å². The molecule has 3 aromatic carbocycles. The van der Waals surface area contributed by atoms with Crippen molar-refractivity contribution >= 4 is 35.0 Å². The number of nitrogens with one attached hydrogen (secondary N) is 1. The van der Waals surface area contributed by atoms with E-state index in [1.54, 1.807) is 30.3 Å². The third-order valence-electron chi connectivity index (χ3n) is 3.91. The van der Waals surface area contributed by atoms with Crippen molar-refractivity contribution in [2.45, 2.75) is 0 Å².